The third-order valence-corrected chi connectivity index (χ3v) is 3.19. The predicted molar refractivity (Wildman–Crippen MR) is 56.2 cm³/mol. The minimum atomic E-state index is 0. The Morgan fingerprint density at radius 3 is 1.54 bits per heavy atom. The van der Waals surface area contributed by atoms with Gasteiger partial charge in [0.05, 0.1) is 26.2 Å². The fraction of sp³-hybridized carbons (Fsp3) is 1.00. The largest absolute Gasteiger partial charge is 1.00 e. The van der Waals surface area contributed by atoms with Gasteiger partial charge in [-0.3, -0.25) is 0 Å². The van der Waals surface area contributed by atoms with Gasteiger partial charge < -0.3 is 28.5 Å². The lowest BCUT2D eigenvalue weighted by molar-refractivity contribution is -0.923. The van der Waals surface area contributed by atoms with Crippen molar-refractivity contribution >= 4 is 0 Å². The van der Waals surface area contributed by atoms with Crippen LogP contribution in [-0.2, 0) is 0 Å². The molecule has 0 fully saturated rings. The van der Waals surface area contributed by atoms with Crippen molar-refractivity contribution in [1.82, 2.24) is 0 Å². The second-order valence-electron chi connectivity index (χ2n) is 4.20. The molecular weight excluding hydrogens is 273 g/mol. The fourth-order valence-electron chi connectivity index (χ4n) is 1.68. The molecule has 0 bridgehead atoms. The van der Waals surface area contributed by atoms with Crippen LogP contribution in [0.4, 0.5) is 0 Å². The van der Waals surface area contributed by atoms with Gasteiger partial charge in [0.15, 0.2) is 0 Å². The van der Waals surface area contributed by atoms with E-state index in [1.165, 1.54) is 37.1 Å². The van der Waals surface area contributed by atoms with E-state index in [4.69, 9.17) is 0 Å². The SMILES string of the molecule is CC[N+](CC)(CC)CCC(C)C.[I-]. The van der Waals surface area contributed by atoms with Gasteiger partial charge >= 0.3 is 0 Å². The highest BCUT2D eigenvalue weighted by atomic mass is 127. The lowest BCUT2D eigenvalue weighted by Crippen LogP contribution is -3.00. The summed E-state index contributed by atoms with van der Waals surface area (Å²) in [5, 5.41) is 0. The quantitative estimate of drug-likeness (QED) is 0.475. The molecule has 0 aromatic carbocycles. The maximum Gasteiger partial charge on any atom is 0.0788 e. The third-order valence-electron chi connectivity index (χ3n) is 3.19. The van der Waals surface area contributed by atoms with Gasteiger partial charge in [0.1, 0.15) is 0 Å². The van der Waals surface area contributed by atoms with Crippen LogP contribution in [0.25, 0.3) is 0 Å². The van der Waals surface area contributed by atoms with E-state index in [0.29, 0.717) is 0 Å². The van der Waals surface area contributed by atoms with Crippen LogP contribution in [0, 0.1) is 5.92 Å². The summed E-state index contributed by atoms with van der Waals surface area (Å²) in [5.41, 5.74) is 0. The fourth-order valence-corrected chi connectivity index (χ4v) is 1.68. The summed E-state index contributed by atoms with van der Waals surface area (Å²) in [4.78, 5) is 0. The zero-order valence-electron chi connectivity index (χ0n) is 9.94. The number of quaternary nitrogens is 1. The topological polar surface area (TPSA) is 0 Å². The average Bonchev–Trinajstić information content (AvgIpc) is 2.08. The molecule has 0 N–H and O–H groups in total. The van der Waals surface area contributed by atoms with Crippen molar-refractivity contribution in [2.24, 2.45) is 5.92 Å². The van der Waals surface area contributed by atoms with Gasteiger partial charge in [-0.25, -0.2) is 0 Å². The Labute approximate surface area is 102 Å². The number of hydrogen-bond acceptors (Lipinski definition) is 0. The van der Waals surface area contributed by atoms with Crippen LogP contribution in [0.1, 0.15) is 41.0 Å². The lowest BCUT2D eigenvalue weighted by Gasteiger charge is -2.36. The molecule has 0 atom stereocenters. The zero-order chi connectivity index (χ0) is 9.61. The molecule has 0 aromatic rings. The van der Waals surface area contributed by atoms with Gasteiger partial charge in [-0.1, -0.05) is 13.8 Å². The Bertz CT molecular complexity index is 100. The summed E-state index contributed by atoms with van der Waals surface area (Å²) in [6.45, 7) is 16.8. The van der Waals surface area contributed by atoms with Crippen LogP contribution in [0.3, 0.4) is 0 Å². The molecule has 1 nitrogen and oxygen atoms in total. The van der Waals surface area contributed by atoms with E-state index in [-0.39, 0.29) is 24.0 Å². The van der Waals surface area contributed by atoms with Gasteiger partial charge in [-0.05, 0) is 33.1 Å². The highest BCUT2D eigenvalue weighted by Crippen LogP contribution is 2.10. The van der Waals surface area contributed by atoms with E-state index in [9.17, 15) is 0 Å². The number of rotatable bonds is 6. The molecule has 0 spiro atoms. The first-order valence-corrected chi connectivity index (χ1v) is 5.45. The van der Waals surface area contributed by atoms with E-state index in [1.54, 1.807) is 0 Å². The van der Waals surface area contributed by atoms with Gasteiger partial charge in [0.25, 0.3) is 0 Å². The second kappa shape index (κ2) is 8.04. The van der Waals surface area contributed by atoms with Gasteiger partial charge in [-0.2, -0.15) is 0 Å². The molecule has 0 saturated heterocycles. The van der Waals surface area contributed by atoms with Gasteiger partial charge in [-0.15, -0.1) is 0 Å². The van der Waals surface area contributed by atoms with Crippen LogP contribution in [0.15, 0.2) is 0 Å². The van der Waals surface area contributed by atoms with E-state index in [0.717, 1.165) is 5.92 Å². The Morgan fingerprint density at radius 2 is 1.31 bits per heavy atom. The predicted octanol–water partition coefficient (Wildman–Crippen LogP) is -0.0870. The first kappa shape index (κ1) is 16.1. The second-order valence-corrected chi connectivity index (χ2v) is 4.20. The first-order valence-electron chi connectivity index (χ1n) is 5.45. The van der Waals surface area contributed by atoms with Crippen LogP contribution in [0.2, 0.25) is 0 Å². The van der Waals surface area contributed by atoms with E-state index in [2.05, 4.69) is 34.6 Å². The molecule has 0 aromatic heterocycles. The average molecular weight is 299 g/mol. The molecule has 2 heteroatoms. The molecule has 0 unspecified atom stereocenters. The van der Waals surface area contributed by atoms with Gasteiger partial charge in [0, 0.05) is 0 Å². The van der Waals surface area contributed by atoms with Gasteiger partial charge in [0.2, 0.25) is 0 Å². The van der Waals surface area contributed by atoms with Crippen molar-refractivity contribution in [3.05, 3.63) is 0 Å². The van der Waals surface area contributed by atoms with Crippen molar-refractivity contribution in [2.45, 2.75) is 41.0 Å². The van der Waals surface area contributed by atoms with Crippen LogP contribution >= 0.6 is 0 Å². The van der Waals surface area contributed by atoms with Crippen molar-refractivity contribution in [2.75, 3.05) is 26.2 Å². The Hall–Kier alpha value is 0.690. The van der Waals surface area contributed by atoms with Crippen LogP contribution in [-0.4, -0.2) is 30.7 Å². The van der Waals surface area contributed by atoms with Crippen molar-refractivity contribution in [1.29, 1.82) is 0 Å². The molecule has 0 aliphatic carbocycles. The molecule has 0 heterocycles. The molecule has 0 aliphatic rings. The molecule has 0 amide bonds. The minimum absolute atomic E-state index is 0. The number of halogens is 1. The Morgan fingerprint density at radius 1 is 0.923 bits per heavy atom. The lowest BCUT2D eigenvalue weighted by atomic mass is 10.1. The number of hydrogen-bond donors (Lipinski definition) is 0. The molecule has 0 radical (unpaired) electrons. The first-order chi connectivity index (χ1) is 5.60. The maximum absolute atomic E-state index is 2.32. The monoisotopic (exact) mass is 299 g/mol. The summed E-state index contributed by atoms with van der Waals surface area (Å²) in [7, 11) is 0. The zero-order valence-corrected chi connectivity index (χ0v) is 12.1. The van der Waals surface area contributed by atoms with E-state index >= 15 is 0 Å². The number of nitrogens with zero attached hydrogens (tertiary/aromatic N) is 1. The van der Waals surface area contributed by atoms with Crippen molar-refractivity contribution in [3.8, 4) is 0 Å². The third kappa shape index (κ3) is 5.89. The molecule has 13 heavy (non-hydrogen) atoms. The summed E-state index contributed by atoms with van der Waals surface area (Å²) in [5.74, 6) is 0.854. The normalized spacial score (nSPS) is 11.5. The summed E-state index contributed by atoms with van der Waals surface area (Å²) >= 11 is 0. The molecule has 0 aliphatic heterocycles. The Kier molecular flexibility index (Phi) is 9.97. The van der Waals surface area contributed by atoms with E-state index in [1.807, 2.05) is 0 Å². The molecule has 0 saturated carbocycles. The highest BCUT2D eigenvalue weighted by Gasteiger charge is 2.19. The van der Waals surface area contributed by atoms with Crippen LogP contribution in [0.5, 0.6) is 0 Å². The van der Waals surface area contributed by atoms with Crippen LogP contribution < -0.4 is 24.0 Å². The van der Waals surface area contributed by atoms with Crippen molar-refractivity contribution < 1.29 is 28.5 Å². The summed E-state index contributed by atoms with van der Waals surface area (Å²) in [6.07, 6.45) is 1.37. The standard InChI is InChI=1S/C11H26N.HI/c1-6-12(7-2,8-3)10-9-11(4)5;/h11H,6-10H2,1-5H3;1H/q+1;/p-1. The molecule has 0 rings (SSSR count). The van der Waals surface area contributed by atoms with Crippen molar-refractivity contribution in [3.63, 3.8) is 0 Å². The smallest absolute Gasteiger partial charge is 0.0788 e. The molecule has 82 valence electrons. The summed E-state index contributed by atoms with van der Waals surface area (Å²) < 4.78 is 1.30. The maximum atomic E-state index is 2.32. The minimum Gasteiger partial charge on any atom is -1.00 e. The van der Waals surface area contributed by atoms with E-state index < -0.39 is 0 Å². The summed E-state index contributed by atoms with van der Waals surface area (Å²) in [6, 6.07) is 0. The highest BCUT2D eigenvalue weighted by molar-refractivity contribution is 4.45. The molecular formula is C11H26IN. The Balaban J connectivity index is 0.